The van der Waals surface area contributed by atoms with E-state index in [1.807, 2.05) is 30.3 Å². The van der Waals surface area contributed by atoms with Crippen LogP contribution in [0.5, 0.6) is 0 Å². The van der Waals surface area contributed by atoms with Crippen molar-refractivity contribution in [1.82, 2.24) is 0 Å². The number of fused-ring (bicyclic) bond motifs is 1. The monoisotopic (exact) mass is 332 g/mol. The fourth-order valence-electron chi connectivity index (χ4n) is 3.36. The summed E-state index contributed by atoms with van der Waals surface area (Å²) in [7, 11) is 0. The second kappa shape index (κ2) is 6.57. The normalized spacial score (nSPS) is 14.6. The Bertz CT molecular complexity index is 930. The predicted molar refractivity (Wildman–Crippen MR) is 101 cm³/mol. The van der Waals surface area contributed by atoms with Crippen molar-refractivity contribution in [2.75, 3.05) is 31.2 Å². The van der Waals surface area contributed by atoms with Crippen LogP contribution in [0.15, 0.2) is 60.7 Å². The first-order valence-corrected chi connectivity index (χ1v) is 8.48. The van der Waals surface area contributed by atoms with E-state index in [1.165, 1.54) is 5.39 Å². The van der Waals surface area contributed by atoms with Crippen molar-refractivity contribution < 1.29 is 9.53 Å². The molecule has 0 radical (unpaired) electrons. The number of anilines is 1. The van der Waals surface area contributed by atoms with Crippen LogP contribution in [0.2, 0.25) is 0 Å². The minimum Gasteiger partial charge on any atom is -0.378 e. The van der Waals surface area contributed by atoms with Crippen LogP contribution >= 0.6 is 0 Å². The third-order valence-corrected chi connectivity index (χ3v) is 4.71. The first kappa shape index (κ1) is 15.7. The Balaban J connectivity index is 1.83. The molecule has 126 valence electrons. The molecule has 0 saturated carbocycles. The summed E-state index contributed by atoms with van der Waals surface area (Å²) in [6, 6.07) is 20.3. The van der Waals surface area contributed by atoms with Gasteiger partial charge in [-0.3, -0.25) is 4.79 Å². The molecule has 1 saturated heterocycles. The first-order chi connectivity index (χ1) is 12.2. The zero-order valence-electron chi connectivity index (χ0n) is 13.9. The average molecular weight is 332 g/mol. The van der Waals surface area contributed by atoms with E-state index in [4.69, 9.17) is 10.5 Å². The summed E-state index contributed by atoms with van der Waals surface area (Å²) >= 11 is 0. The van der Waals surface area contributed by atoms with Gasteiger partial charge < -0.3 is 15.4 Å². The summed E-state index contributed by atoms with van der Waals surface area (Å²) < 4.78 is 5.43. The van der Waals surface area contributed by atoms with Crippen molar-refractivity contribution in [2.24, 2.45) is 5.73 Å². The fraction of sp³-hybridized carbons (Fsp3) is 0.190. The van der Waals surface area contributed by atoms with Gasteiger partial charge >= 0.3 is 0 Å². The highest BCUT2D eigenvalue weighted by molar-refractivity contribution is 6.01. The van der Waals surface area contributed by atoms with Gasteiger partial charge in [-0.2, -0.15) is 0 Å². The molecular weight excluding hydrogens is 312 g/mol. The summed E-state index contributed by atoms with van der Waals surface area (Å²) in [4.78, 5) is 14.2. The Kier molecular flexibility index (Phi) is 4.12. The zero-order valence-corrected chi connectivity index (χ0v) is 13.9. The Hall–Kier alpha value is -2.85. The van der Waals surface area contributed by atoms with Gasteiger partial charge in [0.2, 0.25) is 5.91 Å². The standard InChI is InChI=1S/C21H20N2O2/c22-21(24)19-8-7-18(23-9-11-25-12-10-23)14-20(19)17-6-5-15-3-1-2-4-16(15)13-17/h1-8,13-14H,9-12H2,(H2,22,24). The van der Waals surface area contributed by atoms with Crippen molar-refractivity contribution in [2.45, 2.75) is 0 Å². The Labute approximate surface area is 146 Å². The van der Waals surface area contributed by atoms with Crippen molar-refractivity contribution in [3.63, 3.8) is 0 Å². The van der Waals surface area contributed by atoms with Crippen molar-refractivity contribution in [3.8, 4) is 11.1 Å². The minimum atomic E-state index is -0.406. The van der Waals surface area contributed by atoms with Gasteiger partial charge in [0.15, 0.2) is 0 Å². The lowest BCUT2D eigenvalue weighted by molar-refractivity contribution is 0.100. The highest BCUT2D eigenvalue weighted by Gasteiger charge is 2.16. The number of amides is 1. The van der Waals surface area contributed by atoms with Crippen LogP contribution in [-0.4, -0.2) is 32.2 Å². The molecule has 1 amide bonds. The number of carbonyl (C=O) groups excluding carboxylic acids is 1. The van der Waals surface area contributed by atoms with Gasteiger partial charge in [-0.15, -0.1) is 0 Å². The molecule has 0 aliphatic carbocycles. The van der Waals surface area contributed by atoms with Gasteiger partial charge in [-0.1, -0.05) is 36.4 Å². The molecule has 0 unspecified atom stereocenters. The second-order valence-electron chi connectivity index (χ2n) is 6.26. The van der Waals surface area contributed by atoms with Crippen LogP contribution < -0.4 is 10.6 Å². The lowest BCUT2D eigenvalue weighted by Crippen LogP contribution is -2.36. The molecule has 4 rings (SSSR count). The fourth-order valence-corrected chi connectivity index (χ4v) is 3.36. The largest absolute Gasteiger partial charge is 0.378 e. The van der Waals surface area contributed by atoms with Gasteiger partial charge in [-0.25, -0.2) is 0 Å². The van der Waals surface area contributed by atoms with E-state index in [2.05, 4.69) is 35.2 Å². The Morgan fingerprint density at radius 1 is 0.920 bits per heavy atom. The summed E-state index contributed by atoms with van der Waals surface area (Å²) in [5.74, 6) is -0.406. The number of hydrogen-bond donors (Lipinski definition) is 1. The number of benzene rings is 3. The molecule has 4 heteroatoms. The summed E-state index contributed by atoms with van der Waals surface area (Å²) in [6.07, 6.45) is 0. The number of rotatable bonds is 3. The number of primary amides is 1. The Morgan fingerprint density at radius 2 is 1.68 bits per heavy atom. The lowest BCUT2D eigenvalue weighted by Gasteiger charge is -2.29. The third kappa shape index (κ3) is 3.08. The summed E-state index contributed by atoms with van der Waals surface area (Å²) in [5.41, 5.74) is 9.14. The highest BCUT2D eigenvalue weighted by atomic mass is 16.5. The van der Waals surface area contributed by atoms with E-state index in [0.29, 0.717) is 5.56 Å². The number of carbonyl (C=O) groups is 1. The van der Waals surface area contributed by atoms with Crippen LogP contribution in [-0.2, 0) is 4.74 Å². The molecule has 1 fully saturated rings. The van der Waals surface area contributed by atoms with Crippen LogP contribution in [0.3, 0.4) is 0 Å². The van der Waals surface area contributed by atoms with Crippen LogP contribution in [0.1, 0.15) is 10.4 Å². The maximum atomic E-state index is 11.9. The Morgan fingerprint density at radius 3 is 2.44 bits per heavy atom. The van der Waals surface area contributed by atoms with Gasteiger partial charge in [-0.05, 0) is 46.2 Å². The minimum absolute atomic E-state index is 0.406. The van der Waals surface area contributed by atoms with Gasteiger partial charge in [0.1, 0.15) is 0 Å². The van der Waals surface area contributed by atoms with Crippen LogP contribution in [0.25, 0.3) is 21.9 Å². The van der Waals surface area contributed by atoms with E-state index in [9.17, 15) is 4.79 Å². The molecule has 3 aromatic carbocycles. The molecule has 3 aromatic rings. The van der Waals surface area contributed by atoms with E-state index in [-0.39, 0.29) is 0 Å². The maximum absolute atomic E-state index is 11.9. The van der Waals surface area contributed by atoms with Crippen molar-refractivity contribution >= 4 is 22.4 Å². The molecule has 1 heterocycles. The van der Waals surface area contributed by atoms with Crippen LogP contribution in [0, 0.1) is 0 Å². The molecule has 1 aliphatic heterocycles. The van der Waals surface area contributed by atoms with E-state index in [0.717, 1.165) is 48.5 Å². The van der Waals surface area contributed by atoms with Crippen molar-refractivity contribution in [3.05, 3.63) is 66.2 Å². The molecular formula is C21H20N2O2. The second-order valence-corrected chi connectivity index (χ2v) is 6.26. The molecule has 0 atom stereocenters. The average Bonchev–Trinajstić information content (AvgIpc) is 2.67. The van der Waals surface area contributed by atoms with Gasteiger partial charge in [0, 0.05) is 24.3 Å². The van der Waals surface area contributed by atoms with E-state index < -0.39 is 5.91 Å². The third-order valence-electron chi connectivity index (χ3n) is 4.71. The summed E-state index contributed by atoms with van der Waals surface area (Å²) in [6.45, 7) is 3.16. The number of morpholine rings is 1. The SMILES string of the molecule is NC(=O)c1ccc(N2CCOCC2)cc1-c1ccc2ccccc2c1. The molecule has 1 aliphatic rings. The molecule has 0 spiro atoms. The number of nitrogens with zero attached hydrogens (tertiary/aromatic N) is 1. The number of nitrogens with two attached hydrogens (primary N) is 1. The maximum Gasteiger partial charge on any atom is 0.249 e. The summed E-state index contributed by atoms with van der Waals surface area (Å²) in [5, 5.41) is 2.32. The van der Waals surface area contributed by atoms with Crippen LogP contribution in [0.4, 0.5) is 5.69 Å². The molecule has 0 aromatic heterocycles. The number of hydrogen-bond acceptors (Lipinski definition) is 3. The molecule has 4 nitrogen and oxygen atoms in total. The molecule has 25 heavy (non-hydrogen) atoms. The topological polar surface area (TPSA) is 55.6 Å². The molecule has 2 N–H and O–H groups in total. The van der Waals surface area contributed by atoms with Crippen molar-refractivity contribution in [1.29, 1.82) is 0 Å². The predicted octanol–water partition coefficient (Wildman–Crippen LogP) is 3.44. The quantitative estimate of drug-likeness (QED) is 0.799. The first-order valence-electron chi connectivity index (χ1n) is 8.48. The van der Waals surface area contributed by atoms with E-state index in [1.54, 1.807) is 0 Å². The number of ether oxygens (including phenoxy) is 1. The van der Waals surface area contributed by atoms with E-state index >= 15 is 0 Å². The van der Waals surface area contributed by atoms with Gasteiger partial charge in [0.05, 0.1) is 13.2 Å². The van der Waals surface area contributed by atoms with Gasteiger partial charge in [0.25, 0.3) is 0 Å². The lowest BCUT2D eigenvalue weighted by atomic mass is 9.96. The highest BCUT2D eigenvalue weighted by Crippen LogP contribution is 2.31. The smallest absolute Gasteiger partial charge is 0.249 e. The molecule has 0 bridgehead atoms. The zero-order chi connectivity index (χ0) is 17.2.